The lowest BCUT2D eigenvalue weighted by molar-refractivity contribution is -0.150. The number of carboxylic acids is 1. The van der Waals surface area contributed by atoms with E-state index in [0.29, 0.717) is 29.3 Å². The molecule has 3 amide bonds. The lowest BCUT2D eigenvalue weighted by Gasteiger charge is -2.49. The van der Waals surface area contributed by atoms with Crippen LogP contribution in [0, 0.1) is 6.92 Å². The van der Waals surface area contributed by atoms with E-state index in [-0.39, 0.29) is 28.0 Å². The molecule has 0 bridgehead atoms. The summed E-state index contributed by atoms with van der Waals surface area (Å²) >= 11 is 3.73. The normalized spacial score (nSPS) is 18.3. The molecule has 2 aliphatic rings. The monoisotopic (exact) mass is 690 g/mol. The molecule has 46 heavy (non-hydrogen) atoms. The molecule has 5 heterocycles. The second-order valence-corrected chi connectivity index (χ2v) is 13.6. The maximum Gasteiger partial charge on any atom is 0.352 e. The Morgan fingerprint density at radius 2 is 2.04 bits per heavy atom. The maximum atomic E-state index is 13.4. The standard InChI is InChI=1S/C26H30N10O7S3/c1-11-5-15-29-13(7-42-4)6-16(36(15)33-11)44-8-12-9-45-22-18(21(38)35(22)19(12)23(39)40)31-20(37)17(14-10-46-25(27)30-14)34-43-26(2,3)24(41)32-28/h5-6,10,18,22H,7-9,28H2,1-4H3,(H2,27,30)(H,31,37)(H,32,41)(H,39,40)/t18?,22-/m0/s1. The number of nitrogen functional groups attached to an aromatic ring is 1. The third kappa shape index (κ3) is 6.51. The summed E-state index contributed by atoms with van der Waals surface area (Å²) in [6.45, 7) is 4.91. The molecule has 20 heteroatoms. The summed E-state index contributed by atoms with van der Waals surface area (Å²) in [5.74, 6) is 2.35. The number of anilines is 1. The van der Waals surface area contributed by atoms with Crippen molar-refractivity contribution in [2.45, 2.75) is 49.4 Å². The van der Waals surface area contributed by atoms with Crippen molar-refractivity contribution in [3.05, 3.63) is 45.9 Å². The number of hydrogen-bond donors (Lipinski definition) is 5. The van der Waals surface area contributed by atoms with Gasteiger partial charge < -0.3 is 25.7 Å². The van der Waals surface area contributed by atoms with Gasteiger partial charge in [-0.25, -0.2) is 25.1 Å². The minimum Gasteiger partial charge on any atom is -0.477 e. The number of aryl methyl sites for hydroxylation is 1. The summed E-state index contributed by atoms with van der Waals surface area (Å²) in [4.78, 5) is 66.4. The number of carbonyl (C=O) groups excluding carboxylic acids is 3. The molecule has 1 saturated heterocycles. The zero-order chi connectivity index (χ0) is 33.3. The molecular weight excluding hydrogens is 661 g/mol. The first-order valence-corrected chi connectivity index (χ1v) is 16.4. The van der Waals surface area contributed by atoms with Crippen LogP contribution in [-0.2, 0) is 35.4 Å². The van der Waals surface area contributed by atoms with Gasteiger partial charge in [-0.15, -0.1) is 34.9 Å². The molecule has 1 unspecified atom stereocenters. The van der Waals surface area contributed by atoms with Gasteiger partial charge in [-0.05, 0) is 32.4 Å². The van der Waals surface area contributed by atoms with Crippen LogP contribution in [0.4, 0.5) is 5.13 Å². The van der Waals surface area contributed by atoms with Gasteiger partial charge in [0.15, 0.2) is 16.5 Å². The number of oxime groups is 1. The summed E-state index contributed by atoms with van der Waals surface area (Å²) in [5.41, 5.74) is 8.36. The third-order valence-electron chi connectivity index (χ3n) is 6.82. The Kier molecular flexibility index (Phi) is 9.54. The van der Waals surface area contributed by atoms with Crippen LogP contribution in [0.3, 0.4) is 0 Å². The van der Waals surface area contributed by atoms with Crippen LogP contribution in [0.25, 0.3) is 5.65 Å². The Morgan fingerprint density at radius 3 is 2.70 bits per heavy atom. The number of hydrogen-bond acceptors (Lipinski definition) is 15. The first-order chi connectivity index (χ1) is 21.8. The van der Waals surface area contributed by atoms with Crippen LogP contribution in [-0.4, -0.2) is 94.6 Å². The summed E-state index contributed by atoms with van der Waals surface area (Å²) in [5, 5.41) is 22.8. The lowest BCUT2D eigenvalue weighted by Crippen LogP contribution is -2.71. The quantitative estimate of drug-likeness (QED) is 0.0325. The Hall–Kier alpha value is -4.24. The van der Waals surface area contributed by atoms with Gasteiger partial charge in [-0.1, -0.05) is 5.16 Å². The van der Waals surface area contributed by atoms with Gasteiger partial charge in [0.1, 0.15) is 27.8 Å². The minimum absolute atomic E-state index is 0.0561. The number of β-lactam (4-membered cyclic amide) rings is 1. The molecule has 2 atom stereocenters. The van der Waals surface area contributed by atoms with Gasteiger partial charge in [0.2, 0.25) is 5.60 Å². The van der Waals surface area contributed by atoms with E-state index in [1.54, 1.807) is 11.6 Å². The second kappa shape index (κ2) is 13.2. The van der Waals surface area contributed by atoms with Gasteiger partial charge in [-0.3, -0.25) is 24.7 Å². The highest BCUT2D eigenvalue weighted by atomic mass is 32.2. The van der Waals surface area contributed by atoms with Gasteiger partial charge in [0, 0.05) is 30.1 Å². The fraction of sp³-hybridized carbons (Fsp3) is 0.385. The van der Waals surface area contributed by atoms with Crippen molar-refractivity contribution in [3.63, 3.8) is 0 Å². The molecule has 244 valence electrons. The van der Waals surface area contributed by atoms with E-state index in [4.69, 9.17) is 21.2 Å². The van der Waals surface area contributed by atoms with E-state index in [0.717, 1.165) is 22.1 Å². The fourth-order valence-corrected chi connectivity index (χ4v) is 7.64. The number of aliphatic carboxylic acids is 1. The van der Waals surface area contributed by atoms with Gasteiger partial charge in [-0.2, -0.15) is 5.10 Å². The number of nitrogens with two attached hydrogens (primary N) is 2. The van der Waals surface area contributed by atoms with E-state index in [1.165, 1.54) is 47.7 Å². The number of aromatic nitrogens is 4. The highest BCUT2D eigenvalue weighted by Crippen LogP contribution is 2.41. The molecule has 7 N–H and O–H groups in total. The first-order valence-electron chi connectivity index (χ1n) is 13.5. The number of ether oxygens (including phenoxy) is 1. The number of carboxylic acid groups (broad SMARTS) is 1. The largest absolute Gasteiger partial charge is 0.477 e. The number of carbonyl (C=O) groups is 4. The van der Waals surface area contributed by atoms with Gasteiger partial charge in [0.05, 0.1) is 18.0 Å². The number of thiazole rings is 1. The second-order valence-electron chi connectivity index (χ2n) is 10.6. The molecule has 1 fully saturated rings. The molecular formula is C26H30N10O7S3. The van der Waals surface area contributed by atoms with Crippen LogP contribution >= 0.6 is 34.9 Å². The molecule has 3 aromatic heterocycles. The molecule has 0 radical (unpaired) electrons. The van der Waals surface area contributed by atoms with Crippen LogP contribution < -0.4 is 22.3 Å². The molecule has 17 nitrogen and oxygen atoms in total. The maximum absolute atomic E-state index is 13.4. The number of fused-ring (bicyclic) bond motifs is 2. The summed E-state index contributed by atoms with van der Waals surface area (Å²) < 4.78 is 6.92. The van der Waals surface area contributed by atoms with Crippen molar-refractivity contribution in [3.8, 4) is 0 Å². The van der Waals surface area contributed by atoms with E-state index >= 15 is 0 Å². The van der Waals surface area contributed by atoms with Gasteiger partial charge >= 0.3 is 5.97 Å². The number of methoxy groups -OCH3 is 1. The molecule has 2 aliphatic heterocycles. The summed E-state index contributed by atoms with van der Waals surface area (Å²) in [6, 6.07) is 2.60. The SMILES string of the molecule is COCc1cc(SCC2=C(C(=O)O)N3C(=O)C(NC(=O)C(=NOC(C)(C)C(=O)NN)c4csc(N)n4)[C@@H]3SC2)n2nc(C)cc2n1. The molecule has 3 aromatic rings. The first kappa shape index (κ1) is 33.1. The average molecular weight is 691 g/mol. The topological polar surface area (TPSA) is 242 Å². The van der Waals surface area contributed by atoms with Crippen LogP contribution in [0.2, 0.25) is 0 Å². The van der Waals surface area contributed by atoms with Crippen molar-refractivity contribution in [1.29, 1.82) is 0 Å². The van der Waals surface area contributed by atoms with Crippen molar-refractivity contribution in [1.82, 2.24) is 35.2 Å². The predicted molar refractivity (Wildman–Crippen MR) is 169 cm³/mol. The van der Waals surface area contributed by atoms with Crippen molar-refractivity contribution in [2.24, 2.45) is 11.0 Å². The fourth-order valence-electron chi connectivity index (χ4n) is 4.58. The smallest absolute Gasteiger partial charge is 0.352 e. The lowest BCUT2D eigenvalue weighted by atomic mass is 10.0. The molecule has 0 aromatic carbocycles. The third-order valence-corrected chi connectivity index (χ3v) is 9.91. The average Bonchev–Trinajstić information content (AvgIpc) is 3.61. The highest BCUT2D eigenvalue weighted by molar-refractivity contribution is 8.01. The summed E-state index contributed by atoms with van der Waals surface area (Å²) in [7, 11) is 1.57. The predicted octanol–water partition coefficient (Wildman–Crippen LogP) is 0.243. The summed E-state index contributed by atoms with van der Waals surface area (Å²) in [6.07, 6.45) is 0. The van der Waals surface area contributed by atoms with Crippen LogP contribution in [0.5, 0.6) is 0 Å². The molecule has 0 aliphatic carbocycles. The number of rotatable bonds is 12. The number of nitrogens with one attached hydrogen (secondary N) is 2. The van der Waals surface area contributed by atoms with E-state index in [2.05, 4.69) is 25.5 Å². The molecule has 5 rings (SSSR count). The van der Waals surface area contributed by atoms with E-state index in [9.17, 15) is 24.3 Å². The van der Waals surface area contributed by atoms with Crippen molar-refractivity contribution >= 4 is 75.0 Å². The van der Waals surface area contributed by atoms with Crippen molar-refractivity contribution in [2.75, 3.05) is 24.3 Å². The van der Waals surface area contributed by atoms with Gasteiger partial charge in [0.25, 0.3) is 17.7 Å². The van der Waals surface area contributed by atoms with Crippen molar-refractivity contribution < 1.29 is 33.9 Å². The Labute approximate surface area is 274 Å². The number of thioether (sulfide) groups is 2. The zero-order valence-electron chi connectivity index (χ0n) is 25.0. The molecule has 0 saturated carbocycles. The minimum atomic E-state index is -1.55. The van der Waals surface area contributed by atoms with E-state index < -0.39 is 40.7 Å². The molecule has 0 spiro atoms. The zero-order valence-corrected chi connectivity index (χ0v) is 27.4. The number of nitrogens with zero attached hydrogens (tertiary/aromatic N) is 6. The Balaban J connectivity index is 1.35. The Morgan fingerprint density at radius 1 is 1.28 bits per heavy atom. The number of hydrazine groups is 1. The number of amides is 3. The Bertz CT molecular complexity index is 1790. The van der Waals surface area contributed by atoms with Crippen LogP contribution in [0.1, 0.15) is 30.9 Å². The highest BCUT2D eigenvalue weighted by Gasteiger charge is 2.54. The van der Waals surface area contributed by atoms with E-state index in [1.807, 2.05) is 24.5 Å². The van der Waals surface area contributed by atoms with Crippen LogP contribution in [0.15, 0.2) is 39.0 Å².